The van der Waals surface area contributed by atoms with Crippen molar-refractivity contribution >= 4 is 12.6 Å². The van der Waals surface area contributed by atoms with E-state index in [1.165, 1.54) is 11.1 Å². The molecule has 12 heavy (non-hydrogen) atoms. The van der Waals surface area contributed by atoms with E-state index in [1.807, 2.05) is 0 Å². The van der Waals surface area contributed by atoms with E-state index in [-0.39, 0.29) is 4.75 Å². The highest BCUT2D eigenvalue weighted by atomic mass is 32.1. The lowest BCUT2D eigenvalue weighted by molar-refractivity contribution is 0.671. The maximum absolute atomic E-state index is 4.61. The molecule has 0 nitrogen and oxygen atoms in total. The first-order chi connectivity index (χ1) is 5.56. The molecule has 0 heterocycles. The summed E-state index contributed by atoms with van der Waals surface area (Å²) in [5.41, 5.74) is 2.61. The summed E-state index contributed by atoms with van der Waals surface area (Å²) in [6.07, 6.45) is 1.05. The van der Waals surface area contributed by atoms with Crippen LogP contribution in [-0.4, -0.2) is 0 Å². The van der Waals surface area contributed by atoms with Crippen LogP contribution in [0.2, 0.25) is 0 Å². The van der Waals surface area contributed by atoms with Gasteiger partial charge in [-0.05, 0) is 25.8 Å². The van der Waals surface area contributed by atoms with Crippen LogP contribution in [0.1, 0.15) is 31.4 Å². The number of hydrogen-bond donors (Lipinski definition) is 1. The van der Waals surface area contributed by atoms with Gasteiger partial charge in [0.1, 0.15) is 0 Å². The van der Waals surface area contributed by atoms with Gasteiger partial charge in [0.15, 0.2) is 0 Å². The second kappa shape index (κ2) is 3.53. The van der Waals surface area contributed by atoms with Crippen LogP contribution in [0.5, 0.6) is 0 Å². The van der Waals surface area contributed by atoms with Crippen LogP contribution >= 0.6 is 12.6 Å². The number of hydrogen-bond acceptors (Lipinski definition) is 1. The lowest BCUT2D eigenvalue weighted by atomic mass is 9.97. The molecule has 0 spiro atoms. The number of aryl methyl sites for hydroxylation is 1. The molecule has 1 unspecified atom stereocenters. The van der Waals surface area contributed by atoms with Gasteiger partial charge >= 0.3 is 0 Å². The molecular weight excluding hydrogens is 164 g/mol. The average Bonchev–Trinajstić information content (AvgIpc) is 2.05. The van der Waals surface area contributed by atoms with Gasteiger partial charge in [-0.25, -0.2) is 0 Å². The van der Waals surface area contributed by atoms with Gasteiger partial charge in [0.2, 0.25) is 0 Å². The third-order valence-corrected chi connectivity index (χ3v) is 2.94. The van der Waals surface area contributed by atoms with Crippen molar-refractivity contribution in [1.82, 2.24) is 0 Å². The highest BCUT2D eigenvalue weighted by Gasteiger charge is 2.18. The fraction of sp³-hybridized carbons (Fsp3) is 0.455. The first-order valence-corrected chi connectivity index (χ1v) is 4.80. The lowest BCUT2D eigenvalue weighted by Crippen LogP contribution is -2.11. The van der Waals surface area contributed by atoms with Crippen molar-refractivity contribution in [2.45, 2.75) is 31.9 Å². The molecule has 0 bridgehead atoms. The normalized spacial score (nSPS) is 15.7. The molecule has 1 heteroatoms. The zero-order valence-electron chi connectivity index (χ0n) is 7.96. The Labute approximate surface area is 80.4 Å². The molecule has 0 radical (unpaired) electrons. The van der Waals surface area contributed by atoms with E-state index in [4.69, 9.17) is 0 Å². The smallest absolute Gasteiger partial charge is 0.0347 e. The molecule has 0 saturated heterocycles. The molecule has 0 amide bonds. The summed E-state index contributed by atoms with van der Waals surface area (Å²) in [6, 6.07) is 8.59. The van der Waals surface area contributed by atoms with E-state index in [0.717, 1.165) is 6.42 Å². The average molecular weight is 180 g/mol. The molecule has 0 aliphatic heterocycles. The SMILES string of the molecule is CCC(C)(S)c1ccc(C)cc1. The molecule has 0 aliphatic carbocycles. The molecular formula is C11H16S. The minimum absolute atomic E-state index is 0.0215. The maximum Gasteiger partial charge on any atom is 0.0347 e. The van der Waals surface area contributed by atoms with Gasteiger partial charge in [-0.15, -0.1) is 0 Å². The predicted molar refractivity (Wildman–Crippen MR) is 57.8 cm³/mol. The van der Waals surface area contributed by atoms with Gasteiger partial charge in [-0.3, -0.25) is 0 Å². The lowest BCUT2D eigenvalue weighted by Gasteiger charge is -2.22. The molecule has 1 aromatic rings. The fourth-order valence-corrected chi connectivity index (χ4v) is 1.27. The van der Waals surface area contributed by atoms with Crippen molar-refractivity contribution in [3.8, 4) is 0 Å². The summed E-state index contributed by atoms with van der Waals surface area (Å²) in [4.78, 5) is 0. The van der Waals surface area contributed by atoms with Crippen molar-refractivity contribution in [2.24, 2.45) is 0 Å². The van der Waals surface area contributed by atoms with Gasteiger partial charge < -0.3 is 0 Å². The van der Waals surface area contributed by atoms with E-state index in [2.05, 4.69) is 57.7 Å². The third-order valence-electron chi connectivity index (χ3n) is 2.36. The van der Waals surface area contributed by atoms with Crippen LogP contribution in [0.15, 0.2) is 24.3 Å². The van der Waals surface area contributed by atoms with Gasteiger partial charge in [-0.1, -0.05) is 36.8 Å². The van der Waals surface area contributed by atoms with E-state index >= 15 is 0 Å². The minimum atomic E-state index is 0.0215. The van der Waals surface area contributed by atoms with Crippen LogP contribution < -0.4 is 0 Å². The highest BCUT2D eigenvalue weighted by molar-refractivity contribution is 7.81. The summed E-state index contributed by atoms with van der Waals surface area (Å²) in [5.74, 6) is 0. The topological polar surface area (TPSA) is 0 Å². The van der Waals surface area contributed by atoms with Crippen molar-refractivity contribution < 1.29 is 0 Å². The Morgan fingerprint density at radius 2 is 1.75 bits per heavy atom. The molecule has 0 fully saturated rings. The second-order valence-electron chi connectivity index (χ2n) is 3.49. The van der Waals surface area contributed by atoms with E-state index in [9.17, 15) is 0 Å². The summed E-state index contributed by atoms with van der Waals surface area (Å²) in [6.45, 7) is 6.42. The van der Waals surface area contributed by atoms with Crippen molar-refractivity contribution in [2.75, 3.05) is 0 Å². The minimum Gasteiger partial charge on any atom is -0.168 e. The molecule has 1 atom stereocenters. The van der Waals surface area contributed by atoms with E-state index in [0.29, 0.717) is 0 Å². The zero-order chi connectivity index (χ0) is 9.19. The first kappa shape index (κ1) is 9.66. The van der Waals surface area contributed by atoms with Gasteiger partial charge in [0, 0.05) is 4.75 Å². The predicted octanol–water partition coefficient (Wildman–Crippen LogP) is 3.55. The molecule has 1 aromatic carbocycles. The Balaban J connectivity index is 2.96. The highest BCUT2D eigenvalue weighted by Crippen LogP contribution is 2.31. The number of benzene rings is 1. The van der Waals surface area contributed by atoms with Gasteiger partial charge in [-0.2, -0.15) is 12.6 Å². The standard InChI is InChI=1S/C11H16S/c1-4-11(3,12)10-7-5-9(2)6-8-10/h5-8,12H,4H2,1-3H3. The van der Waals surface area contributed by atoms with Crippen molar-refractivity contribution in [1.29, 1.82) is 0 Å². The maximum atomic E-state index is 4.61. The van der Waals surface area contributed by atoms with Crippen LogP contribution in [0.3, 0.4) is 0 Å². The largest absolute Gasteiger partial charge is 0.168 e. The van der Waals surface area contributed by atoms with Crippen LogP contribution in [-0.2, 0) is 4.75 Å². The Hall–Kier alpha value is -0.430. The molecule has 0 saturated carbocycles. The fourth-order valence-electron chi connectivity index (χ4n) is 1.12. The zero-order valence-corrected chi connectivity index (χ0v) is 8.86. The second-order valence-corrected chi connectivity index (χ2v) is 4.48. The monoisotopic (exact) mass is 180 g/mol. The van der Waals surface area contributed by atoms with Gasteiger partial charge in [0.05, 0.1) is 0 Å². The van der Waals surface area contributed by atoms with Crippen molar-refractivity contribution in [3.63, 3.8) is 0 Å². The van der Waals surface area contributed by atoms with E-state index < -0.39 is 0 Å². The van der Waals surface area contributed by atoms with Crippen molar-refractivity contribution in [3.05, 3.63) is 35.4 Å². The molecule has 0 aromatic heterocycles. The van der Waals surface area contributed by atoms with Gasteiger partial charge in [0.25, 0.3) is 0 Å². The molecule has 0 N–H and O–H groups in total. The summed E-state index contributed by atoms with van der Waals surface area (Å²) >= 11 is 4.61. The Kier molecular flexibility index (Phi) is 2.84. The Morgan fingerprint density at radius 1 is 1.25 bits per heavy atom. The van der Waals surface area contributed by atoms with E-state index in [1.54, 1.807) is 0 Å². The van der Waals surface area contributed by atoms with Crippen LogP contribution in [0, 0.1) is 6.92 Å². The number of thiol groups is 1. The first-order valence-electron chi connectivity index (χ1n) is 4.36. The Bertz CT molecular complexity index is 246. The summed E-state index contributed by atoms with van der Waals surface area (Å²) in [5, 5.41) is 0. The molecule has 66 valence electrons. The third kappa shape index (κ3) is 2.04. The summed E-state index contributed by atoms with van der Waals surface area (Å²) in [7, 11) is 0. The van der Waals surface area contributed by atoms with Crippen LogP contribution in [0.4, 0.5) is 0 Å². The van der Waals surface area contributed by atoms with Crippen LogP contribution in [0.25, 0.3) is 0 Å². The molecule has 0 aliphatic rings. The molecule has 1 rings (SSSR count). The quantitative estimate of drug-likeness (QED) is 0.661. The summed E-state index contributed by atoms with van der Waals surface area (Å²) < 4.78 is 0.0215. The Morgan fingerprint density at radius 3 is 2.17 bits per heavy atom. The number of rotatable bonds is 2.